The topological polar surface area (TPSA) is 37.8 Å². The fraction of sp³-hybridized carbons (Fsp3) is 0.294. The molecule has 130 valence electrons. The zero-order chi connectivity index (χ0) is 17.6. The molecule has 3 nitrogen and oxygen atoms in total. The third-order valence-corrected chi connectivity index (χ3v) is 5.59. The normalized spacial score (nSPS) is 14.6. The van der Waals surface area contributed by atoms with Crippen LogP contribution in [0.15, 0.2) is 24.3 Å². The molecule has 0 amide bonds. The van der Waals surface area contributed by atoms with Crippen molar-refractivity contribution in [3.8, 4) is 0 Å². The molecule has 2 heterocycles. The van der Waals surface area contributed by atoms with Crippen LogP contribution in [0.2, 0.25) is 5.28 Å². The molecule has 2 aromatic heterocycles. The van der Waals surface area contributed by atoms with Crippen molar-refractivity contribution in [3.63, 3.8) is 0 Å². The van der Waals surface area contributed by atoms with Gasteiger partial charge in [-0.15, -0.1) is 11.3 Å². The maximum absolute atomic E-state index is 12.9. The first-order valence-electron chi connectivity index (χ1n) is 7.84. The first-order valence-corrected chi connectivity index (χ1v) is 9.03. The van der Waals surface area contributed by atoms with Gasteiger partial charge >= 0.3 is 6.18 Å². The smallest absolute Gasteiger partial charge is 0.340 e. The average molecular weight is 384 g/mol. The molecule has 8 heteroatoms. The van der Waals surface area contributed by atoms with E-state index < -0.39 is 11.7 Å². The highest BCUT2D eigenvalue weighted by Gasteiger charge is 2.30. The van der Waals surface area contributed by atoms with Gasteiger partial charge in [0, 0.05) is 10.6 Å². The Morgan fingerprint density at radius 2 is 1.92 bits per heavy atom. The monoisotopic (exact) mass is 383 g/mol. The molecule has 0 atom stereocenters. The largest absolute Gasteiger partial charge is 0.416 e. The molecule has 0 saturated carbocycles. The molecule has 3 aromatic rings. The summed E-state index contributed by atoms with van der Waals surface area (Å²) in [6.07, 6.45) is -0.242. The van der Waals surface area contributed by atoms with E-state index in [2.05, 4.69) is 15.3 Å². The van der Waals surface area contributed by atoms with Crippen molar-refractivity contribution < 1.29 is 13.2 Å². The molecule has 25 heavy (non-hydrogen) atoms. The molecular weight excluding hydrogens is 371 g/mol. The lowest BCUT2D eigenvalue weighted by Gasteiger charge is -2.13. The van der Waals surface area contributed by atoms with Crippen molar-refractivity contribution in [2.75, 3.05) is 5.32 Å². The summed E-state index contributed by atoms with van der Waals surface area (Å²) in [4.78, 5) is 10.6. The summed E-state index contributed by atoms with van der Waals surface area (Å²) in [5, 5.41) is 3.97. The fourth-order valence-corrected chi connectivity index (χ4v) is 4.61. The van der Waals surface area contributed by atoms with Crippen LogP contribution in [0.5, 0.6) is 0 Å². The second-order valence-corrected chi connectivity index (χ2v) is 7.36. The Morgan fingerprint density at radius 3 is 2.72 bits per heavy atom. The Kier molecular flexibility index (Phi) is 4.08. The number of aromatic nitrogens is 2. The highest BCUT2D eigenvalue weighted by Crippen LogP contribution is 2.40. The fourth-order valence-electron chi connectivity index (χ4n) is 3.13. The molecule has 0 aliphatic heterocycles. The summed E-state index contributed by atoms with van der Waals surface area (Å²) >= 11 is 7.61. The standard InChI is InChI=1S/C17H13ClF3N3S/c18-16-23-14(22-10-5-3-4-9(8-10)17(19,20)21)13-11-6-1-2-7-12(11)25-15(13)24-16/h3-5,8H,1-2,6-7H2,(H,22,23,24). The third kappa shape index (κ3) is 3.18. The lowest BCUT2D eigenvalue weighted by molar-refractivity contribution is -0.137. The van der Waals surface area contributed by atoms with Crippen LogP contribution < -0.4 is 5.32 Å². The van der Waals surface area contributed by atoms with Crippen LogP contribution in [0.25, 0.3) is 10.2 Å². The minimum atomic E-state index is -4.39. The number of aryl methyl sites for hydroxylation is 2. The van der Waals surface area contributed by atoms with Crippen LogP contribution in [-0.2, 0) is 19.0 Å². The number of thiophene rings is 1. The van der Waals surface area contributed by atoms with Crippen molar-refractivity contribution in [3.05, 3.63) is 45.6 Å². The van der Waals surface area contributed by atoms with E-state index in [0.717, 1.165) is 48.0 Å². The Labute approximate surface area is 150 Å². The van der Waals surface area contributed by atoms with Gasteiger partial charge in [-0.25, -0.2) is 4.98 Å². The van der Waals surface area contributed by atoms with E-state index >= 15 is 0 Å². The molecule has 0 fully saturated rings. The van der Waals surface area contributed by atoms with Crippen LogP contribution in [0.3, 0.4) is 0 Å². The quantitative estimate of drug-likeness (QED) is 0.552. The van der Waals surface area contributed by atoms with Crippen molar-refractivity contribution in [2.45, 2.75) is 31.9 Å². The van der Waals surface area contributed by atoms with Crippen LogP contribution in [0.4, 0.5) is 24.7 Å². The van der Waals surface area contributed by atoms with Gasteiger partial charge in [-0.2, -0.15) is 18.2 Å². The number of hydrogen-bond donors (Lipinski definition) is 1. The molecule has 0 spiro atoms. The van der Waals surface area contributed by atoms with Crippen molar-refractivity contribution >= 4 is 44.7 Å². The summed E-state index contributed by atoms with van der Waals surface area (Å²) in [5.74, 6) is 0.466. The highest BCUT2D eigenvalue weighted by molar-refractivity contribution is 7.19. The van der Waals surface area contributed by atoms with E-state index in [1.165, 1.54) is 16.5 Å². The van der Waals surface area contributed by atoms with Gasteiger partial charge in [-0.3, -0.25) is 0 Å². The average Bonchev–Trinajstić information content (AvgIpc) is 2.92. The van der Waals surface area contributed by atoms with Crippen molar-refractivity contribution in [1.82, 2.24) is 9.97 Å². The zero-order valence-corrected chi connectivity index (χ0v) is 14.5. The number of hydrogen-bond acceptors (Lipinski definition) is 4. The number of nitrogens with one attached hydrogen (secondary N) is 1. The highest BCUT2D eigenvalue weighted by atomic mass is 35.5. The van der Waals surface area contributed by atoms with Gasteiger partial charge in [0.25, 0.3) is 0 Å². The number of anilines is 2. The minimum Gasteiger partial charge on any atom is -0.340 e. The van der Waals surface area contributed by atoms with Crippen LogP contribution in [-0.4, -0.2) is 9.97 Å². The van der Waals surface area contributed by atoms with Crippen LogP contribution in [0.1, 0.15) is 28.8 Å². The predicted octanol–water partition coefficient (Wildman–Crippen LogP) is 5.99. The summed E-state index contributed by atoms with van der Waals surface area (Å²) < 4.78 is 38.8. The number of benzene rings is 1. The number of fused-ring (bicyclic) bond motifs is 3. The summed E-state index contributed by atoms with van der Waals surface area (Å²) in [6.45, 7) is 0. The molecule has 0 bridgehead atoms. The number of alkyl halides is 3. The van der Waals surface area contributed by atoms with Crippen molar-refractivity contribution in [2.24, 2.45) is 0 Å². The van der Waals surface area contributed by atoms with Crippen LogP contribution >= 0.6 is 22.9 Å². The Hall–Kier alpha value is -1.86. The van der Waals surface area contributed by atoms with Crippen molar-refractivity contribution in [1.29, 1.82) is 0 Å². The Morgan fingerprint density at radius 1 is 1.12 bits per heavy atom. The van der Waals surface area contributed by atoms with E-state index in [4.69, 9.17) is 11.6 Å². The van der Waals surface area contributed by atoms with Gasteiger partial charge < -0.3 is 5.32 Å². The molecule has 1 aromatic carbocycles. The predicted molar refractivity (Wildman–Crippen MR) is 93.8 cm³/mol. The van der Waals surface area contributed by atoms with E-state index in [1.807, 2.05) is 0 Å². The number of halogens is 4. The lowest BCUT2D eigenvalue weighted by atomic mass is 9.97. The van der Waals surface area contributed by atoms with Crippen LogP contribution in [0, 0.1) is 0 Å². The van der Waals surface area contributed by atoms with E-state index in [-0.39, 0.29) is 5.28 Å². The number of nitrogens with zero attached hydrogens (tertiary/aromatic N) is 2. The van der Waals surface area contributed by atoms with E-state index in [0.29, 0.717) is 11.5 Å². The summed E-state index contributed by atoms with van der Waals surface area (Å²) in [6, 6.07) is 5.06. The molecule has 1 aliphatic carbocycles. The number of rotatable bonds is 2. The zero-order valence-electron chi connectivity index (χ0n) is 13.0. The van der Waals surface area contributed by atoms with Gasteiger partial charge in [0.1, 0.15) is 10.6 Å². The van der Waals surface area contributed by atoms with E-state index in [1.54, 1.807) is 17.4 Å². The second kappa shape index (κ2) is 6.14. The Balaban J connectivity index is 1.80. The van der Waals surface area contributed by atoms with E-state index in [9.17, 15) is 13.2 Å². The summed E-state index contributed by atoms with van der Waals surface area (Å²) in [7, 11) is 0. The first-order chi connectivity index (χ1) is 11.9. The molecule has 0 radical (unpaired) electrons. The molecule has 1 aliphatic rings. The van der Waals surface area contributed by atoms with Gasteiger partial charge in [0.2, 0.25) is 5.28 Å². The molecule has 0 saturated heterocycles. The van der Waals surface area contributed by atoms with Gasteiger partial charge in [0.15, 0.2) is 0 Å². The maximum Gasteiger partial charge on any atom is 0.416 e. The van der Waals surface area contributed by atoms with Gasteiger partial charge in [0.05, 0.1) is 10.9 Å². The molecule has 1 N–H and O–H groups in total. The SMILES string of the molecule is FC(F)(F)c1cccc(Nc2nc(Cl)nc3sc4c(c23)CCCC4)c1. The summed E-state index contributed by atoms with van der Waals surface area (Å²) in [5.41, 5.74) is 0.806. The minimum absolute atomic E-state index is 0.0839. The molecule has 0 unspecified atom stereocenters. The second-order valence-electron chi connectivity index (χ2n) is 5.94. The molecular formula is C17H13ClF3N3S. The van der Waals surface area contributed by atoms with Gasteiger partial charge in [-0.05, 0) is 61.0 Å². The lowest BCUT2D eigenvalue weighted by Crippen LogP contribution is -2.06. The first kappa shape index (κ1) is 16.6. The Bertz CT molecular complexity index is 952. The van der Waals surface area contributed by atoms with Gasteiger partial charge in [-0.1, -0.05) is 6.07 Å². The third-order valence-electron chi connectivity index (χ3n) is 4.24. The molecule has 4 rings (SSSR count). The maximum atomic E-state index is 12.9.